The molecule has 0 atom stereocenters. The second-order valence-corrected chi connectivity index (χ2v) is 5.70. The van der Waals surface area contributed by atoms with Gasteiger partial charge >= 0.3 is 0 Å². The number of aromatic nitrogens is 2. The molecule has 1 aromatic carbocycles. The van der Waals surface area contributed by atoms with E-state index in [0.29, 0.717) is 24.0 Å². The molecule has 3 rings (SSSR count). The minimum atomic E-state index is 0. The van der Waals surface area contributed by atoms with E-state index in [1.54, 1.807) is 14.2 Å². The first-order chi connectivity index (χ1) is 11.7. The van der Waals surface area contributed by atoms with Crippen molar-refractivity contribution in [3.8, 4) is 11.5 Å². The molecule has 0 spiro atoms. The number of ether oxygens (including phenoxy) is 2. The van der Waals surface area contributed by atoms with Crippen molar-refractivity contribution < 1.29 is 9.47 Å². The number of aryl methyl sites for hydroxylation is 2. The Morgan fingerprint density at radius 3 is 2.80 bits per heavy atom. The summed E-state index contributed by atoms with van der Waals surface area (Å²) in [4.78, 5) is 8.98. The van der Waals surface area contributed by atoms with E-state index in [2.05, 4.69) is 26.1 Å². The van der Waals surface area contributed by atoms with Gasteiger partial charge in [0.15, 0.2) is 17.5 Å². The zero-order valence-corrected chi connectivity index (χ0v) is 16.8. The van der Waals surface area contributed by atoms with E-state index < -0.39 is 0 Å². The number of fused-ring (bicyclic) bond motifs is 1. The highest BCUT2D eigenvalue weighted by Crippen LogP contribution is 2.29. The fourth-order valence-corrected chi connectivity index (χ4v) is 2.82. The Morgan fingerprint density at radius 2 is 2.08 bits per heavy atom. The lowest BCUT2D eigenvalue weighted by Gasteiger charge is -2.11. The van der Waals surface area contributed by atoms with Gasteiger partial charge in [-0.15, -0.1) is 24.0 Å². The number of imidazole rings is 1. The summed E-state index contributed by atoms with van der Waals surface area (Å²) in [6.45, 7) is 1.51. The van der Waals surface area contributed by atoms with Gasteiger partial charge in [-0.1, -0.05) is 0 Å². The molecule has 25 heavy (non-hydrogen) atoms. The fraction of sp³-hybridized carbons (Fsp3) is 0.412. The molecule has 0 fully saturated rings. The van der Waals surface area contributed by atoms with Gasteiger partial charge < -0.3 is 25.1 Å². The minimum Gasteiger partial charge on any atom is -0.493 e. The zero-order chi connectivity index (χ0) is 16.9. The van der Waals surface area contributed by atoms with Crippen LogP contribution in [0.2, 0.25) is 0 Å². The molecular weight excluding hydrogens is 433 g/mol. The molecule has 0 unspecified atom stereocenters. The van der Waals surface area contributed by atoms with Crippen molar-refractivity contribution in [2.45, 2.75) is 32.4 Å². The second kappa shape index (κ2) is 8.93. The number of aliphatic imine (C=N–C) groups is 1. The van der Waals surface area contributed by atoms with Crippen LogP contribution in [0, 0.1) is 0 Å². The number of methoxy groups -OCH3 is 2. The molecule has 0 amide bonds. The van der Waals surface area contributed by atoms with Crippen LogP contribution in [0.4, 0.5) is 5.69 Å². The molecule has 0 saturated heterocycles. The first-order valence-electron chi connectivity index (χ1n) is 8.03. The summed E-state index contributed by atoms with van der Waals surface area (Å²) in [5.41, 5.74) is 7.71. The minimum absolute atomic E-state index is 0. The molecule has 2 aromatic rings. The Balaban J connectivity index is 0.00000225. The number of hydrogen-bond acceptors (Lipinski definition) is 4. The van der Waals surface area contributed by atoms with Gasteiger partial charge in [0.2, 0.25) is 0 Å². The Hall–Kier alpha value is -1.97. The van der Waals surface area contributed by atoms with E-state index in [0.717, 1.165) is 30.2 Å². The second-order valence-electron chi connectivity index (χ2n) is 5.70. The summed E-state index contributed by atoms with van der Waals surface area (Å²) >= 11 is 0. The number of hydrogen-bond donors (Lipinski definition) is 2. The van der Waals surface area contributed by atoms with Crippen LogP contribution in [-0.2, 0) is 19.5 Å². The van der Waals surface area contributed by atoms with Crippen LogP contribution in [0.1, 0.15) is 24.4 Å². The predicted octanol–water partition coefficient (Wildman–Crippen LogP) is 2.78. The van der Waals surface area contributed by atoms with Gasteiger partial charge in [0, 0.05) is 30.9 Å². The van der Waals surface area contributed by atoms with Crippen LogP contribution in [0.15, 0.2) is 29.4 Å². The summed E-state index contributed by atoms with van der Waals surface area (Å²) < 4.78 is 12.7. The van der Waals surface area contributed by atoms with Crippen LogP contribution < -0.4 is 20.5 Å². The SMILES string of the molecule is COc1ccc(NC(N)=NCc2cn3c(n2)CCCC3)cc1OC.I. The van der Waals surface area contributed by atoms with E-state index in [1.807, 2.05) is 18.2 Å². The maximum absolute atomic E-state index is 5.97. The first-order valence-corrected chi connectivity index (χ1v) is 8.03. The van der Waals surface area contributed by atoms with Crippen molar-refractivity contribution in [1.29, 1.82) is 0 Å². The molecule has 3 N–H and O–H groups in total. The van der Waals surface area contributed by atoms with Crippen molar-refractivity contribution in [3.05, 3.63) is 35.9 Å². The van der Waals surface area contributed by atoms with Crippen LogP contribution in [-0.4, -0.2) is 29.7 Å². The molecule has 1 aliphatic rings. The number of nitrogens with two attached hydrogens (primary N) is 1. The summed E-state index contributed by atoms with van der Waals surface area (Å²) in [5.74, 6) is 2.80. The number of nitrogens with one attached hydrogen (secondary N) is 1. The summed E-state index contributed by atoms with van der Waals surface area (Å²) in [5, 5.41) is 3.06. The van der Waals surface area contributed by atoms with E-state index in [1.165, 1.54) is 12.8 Å². The molecule has 8 heteroatoms. The average Bonchev–Trinajstić information content (AvgIpc) is 3.03. The predicted molar refractivity (Wildman–Crippen MR) is 109 cm³/mol. The van der Waals surface area contributed by atoms with Crippen LogP contribution in [0.3, 0.4) is 0 Å². The topological polar surface area (TPSA) is 86.7 Å². The van der Waals surface area contributed by atoms with Crippen molar-refractivity contribution in [2.75, 3.05) is 19.5 Å². The maximum atomic E-state index is 5.97. The van der Waals surface area contributed by atoms with E-state index in [4.69, 9.17) is 15.2 Å². The van der Waals surface area contributed by atoms with Gasteiger partial charge in [-0.3, -0.25) is 0 Å². The van der Waals surface area contributed by atoms with Gasteiger partial charge in [0.25, 0.3) is 0 Å². The number of guanidine groups is 1. The van der Waals surface area contributed by atoms with E-state index in [-0.39, 0.29) is 24.0 Å². The van der Waals surface area contributed by atoms with Crippen molar-refractivity contribution in [2.24, 2.45) is 10.7 Å². The quantitative estimate of drug-likeness (QED) is 0.410. The van der Waals surface area contributed by atoms with Crippen LogP contribution in [0.5, 0.6) is 11.5 Å². The molecule has 136 valence electrons. The van der Waals surface area contributed by atoms with Gasteiger partial charge in [-0.2, -0.15) is 0 Å². The summed E-state index contributed by atoms with van der Waals surface area (Å²) in [6.07, 6.45) is 5.54. The monoisotopic (exact) mass is 457 g/mol. The third-order valence-electron chi connectivity index (χ3n) is 4.03. The molecule has 1 aromatic heterocycles. The van der Waals surface area contributed by atoms with Crippen LogP contribution >= 0.6 is 24.0 Å². The summed E-state index contributed by atoms with van der Waals surface area (Å²) in [7, 11) is 3.20. The van der Waals surface area contributed by atoms with Gasteiger partial charge in [-0.25, -0.2) is 9.98 Å². The maximum Gasteiger partial charge on any atom is 0.193 e. The zero-order valence-electron chi connectivity index (χ0n) is 14.5. The number of nitrogens with zero attached hydrogens (tertiary/aromatic N) is 3. The van der Waals surface area contributed by atoms with Crippen molar-refractivity contribution in [3.63, 3.8) is 0 Å². The number of anilines is 1. The molecule has 0 radical (unpaired) electrons. The molecule has 1 aliphatic heterocycles. The highest BCUT2D eigenvalue weighted by molar-refractivity contribution is 14.0. The Morgan fingerprint density at radius 1 is 1.28 bits per heavy atom. The Kier molecular flexibility index (Phi) is 6.91. The highest BCUT2D eigenvalue weighted by Gasteiger charge is 2.11. The summed E-state index contributed by atoms with van der Waals surface area (Å²) in [6, 6.07) is 5.49. The van der Waals surface area contributed by atoms with Crippen LogP contribution in [0.25, 0.3) is 0 Å². The standard InChI is InChI=1S/C17H23N5O2.HI/c1-23-14-7-6-12(9-15(14)24-2)21-17(18)19-10-13-11-22-8-4-3-5-16(22)20-13;/h6-7,9,11H,3-5,8,10H2,1-2H3,(H3,18,19,21);1H. The normalized spacial score (nSPS) is 13.6. The Bertz CT molecular complexity index is 721. The fourth-order valence-electron chi connectivity index (χ4n) is 2.82. The molecule has 0 bridgehead atoms. The van der Waals surface area contributed by atoms with Gasteiger partial charge in [-0.05, 0) is 25.0 Å². The first kappa shape index (κ1) is 19.4. The molecule has 0 aliphatic carbocycles. The van der Waals surface area contributed by atoms with E-state index in [9.17, 15) is 0 Å². The van der Waals surface area contributed by atoms with Crippen molar-refractivity contribution in [1.82, 2.24) is 9.55 Å². The average molecular weight is 457 g/mol. The lowest BCUT2D eigenvalue weighted by Crippen LogP contribution is -2.22. The number of benzene rings is 1. The third kappa shape index (κ3) is 4.77. The number of halogens is 1. The third-order valence-corrected chi connectivity index (χ3v) is 4.03. The van der Waals surface area contributed by atoms with E-state index >= 15 is 0 Å². The Labute approximate surface area is 164 Å². The van der Waals surface area contributed by atoms with Gasteiger partial charge in [0.1, 0.15) is 5.82 Å². The largest absolute Gasteiger partial charge is 0.493 e. The molecule has 2 heterocycles. The number of rotatable bonds is 5. The lowest BCUT2D eigenvalue weighted by molar-refractivity contribution is 0.355. The van der Waals surface area contributed by atoms with Crippen molar-refractivity contribution >= 4 is 35.6 Å². The lowest BCUT2D eigenvalue weighted by atomic mass is 10.2. The molecule has 0 saturated carbocycles. The molecule has 7 nitrogen and oxygen atoms in total. The smallest absolute Gasteiger partial charge is 0.193 e. The molecular formula is C17H24IN5O2. The van der Waals surface area contributed by atoms with Gasteiger partial charge in [0.05, 0.1) is 26.5 Å². The highest BCUT2D eigenvalue weighted by atomic mass is 127.